The molecule has 0 spiro atoms. The van der Waals surface area contributed by atoms with Crippen molar-refractivity contribution in [3.8, 4) is 0 Å². The second-order valence-corrected chi connectivity index (χ2v) is 6.49. The summed E-state index contributed by atoms with van der Waals surface area (Å²) < 4.78 is 0. The predicted molar refractivity (Wildman–Crippen MR) is 117 cm³/mol. The zero-order chi connectivity index (χ0) is 23.1. The molecule has 0 heterocycles. The number of rotatable bonds is 7. The van der Waals surface area contributed by atoms with Crippen molar-refractivity contribution in [2.75, 3.05) is 5.32 Å². The van der Waals surface area contributed by atoms with Crippen molar-refractivity contribution < 1.29 is 19.4 Å². The van der Waals surface area contributed by atoms with Crippen LogP contribution < -0.4 is 10.6 Å². The second kappa shape index (κ2) is 9.76. The number of nitro groups is 2. The summed E-state index contributed by atoms with van der Waals surface area (Å²) in [5.74, 6) is -1.44. The van der Waals surface area contributed by atoms with Gasteiger partial charge in [0.25, 0.3) is 23.2 Å². The third kappa shape index (κ3) is 5.60. The maximum absolute atomic E-state index is 12.8. The lowest BCUT2D eigenvalue weighted by Gasteiger charge is -2.11. The number of nitrogens with zero attached hydrogens (tertiary/aromatic N) is 2. The Kier molecular flexibility index (Phi) is 6.66. The van der Waals surface area contributed by atoms with Crippen LogP contribution in [0.2, 0.25) is 0 Å². The monoisotopic (exact) mass is 432 g/mol. The molecule has 3 aromatic carbocycles. The van der Waals surface area contributed by atoms with E-state index in [9.17, 15) is 29.8 Å². The smallest absolute Gasteiger partial charge is 0.272 e. The van der Waals surface area contributed by atoms with Gasteiger partial charge in [-0.15, -0.1) is 0 Å². The fraction of sp³-hybridized carbons (Fsp3) is 0. The molecule has 0 bridgehead atoms. The molecule has 160 valence electrons. The number of carbonyl (C=O) groups is 2. The molecule has 10 nitrogen and oxygen atoms in total. The number of benzene rings is 3. The normalized spacial score (nSPS) is 10.8. The van der Waals surface area contributed by atoms with Crippen molar-refractivity contribution in [1.29, 1.82) is 0 Å². The van der Waals surface area contributed by atoms with Crippen molar-refractivity contribution >= 4 is 35.0 Å². The van der Waals surface area contributed by atoms with Crippen molar-refractivity contribution in [2.45, 2.75) is 0 Å². The molecule has 0 radical (unpaired) electrons. The van der Waals surface area contributed by atoms with Crippen LogP contribution in [0.15, 0.2) is 84.6 Å². The lowest BCUT2D eigenvalue weighted by Crippen LogP contribution is -2.30. The summed E-state index contributed by atoms with van der Waals surface area (Å²) in [7, 11) is 0. The van der Waals surface area contributed by atoms with Crippen LogP contribution in [0, 0.1) is 20.2 Å². The molecule has 0 aromatic heterocycles. The molecule has 3 rings (SSSR count). The molecule has 0 aliphatic heterocycles. The molecule has 2 amide bonds. The number of hydrogen-bond acceptors (Lipinski definition) is 6. The highest BCUT2D eigenvalue weighted by Crippen LogP contribution is 2.17. The molecule has 10 heteroatoms. The second-order valence-electron chi connectivity index (χ2n) is 6.49. The SMILES string of the molecule is O=C(Nc1ccccc1)/C(=C\c1cccc([N+](=O)[O-])c1)NC(=O)c1cccc([N+](=O)[O-])c1. The average molecular weight is 432 g/mol. The van der Waals surface area contributed by atoms with Gasteiger partial charge in [-0.05, 0) is 29.8 Å². The van der Waals surface area contributed by atoms with E-state index in [4.69, 9.17) is 0 Å². The van der Waals surface area contributed by atoms with E-state index in [2.05, 4.69) is 10.6 Å². The molecule has 0 aliphatic carbocycles. The highest BCUT2D eigenvalue weighted by molar-refractivity contribution is 6.10. The van der Waals surface area contributed by atoms with Crippen LogP contribution in [0.25, 0.3) is 6.08 Å². The number of nitrogens with one attached hydrogen (secondary N) is 2. The largest absolute Gasteiger partial charge is 0.321 e. The zero-order valence-corrected chi connectivity index (χ0v) is 16.4. The predicted octanol–water partition coefficient (Wildman–Crippen LogP) is 3.91. The minimum absolute atomic E-state index is 0.0309. The Hall–Kier alpha value is -4.86. The Balaban J connectivity index is 1.94. The number of nitro benzene ring substituents is 2. The van der Waals surface area contributed by atoms with Gasteiger partial charge in [-0.2, -0.15) is 0 Å². The summed E-state index contributed by atoms with van der Waals surface area (Å²) in [5.41, 5.74) is 0.0634. The fourth-order valence-corrected chi connectivity index (χ4v) is 2.73. The maximum atomic E-state index is 12.8. The lowest BCUT2D eigenvalue weighted by atomic mass is 10.1. The lowest BCUT2D eigenvalue weighted by molar-refractivity contribution is -0.385. The topological polar surface area (TPSA) is 144 Å². The standard InChI is InChI=1S/C22H16N4O6/c27-21(16-7-5-11-19(14-16)26(31)32)24-20(22(28)23-17-8-2-1-3-9-17)13-15-6-4-10-18(12-15)25(29)30/h1-14H,(H,23,28)(H,24,27)/b20-13+. The van der Waals surface area contributed by atoms with Crippen LogP contribution in [-0.4, -0.2) is 21.7 Å². The van der Waals surface area contributed by atoms with E-state index in [1.54, 1.807) is 30.3 Å². The molecule has 0 atom stereocenters. The average Bonchev–Trinajstić information content (AvgIpc) is 2.79. The quantitative estimate of drug-likeness (QED) is 0.329. The number of amides is 2. The van der Waals surface area contributed by atoms with Gasteiger partial charge in [-0.1, -0.05) is 36.4 Å². The van der Waals surface area contributed by atoms with Crippen LogP contribution in [0.3, 0.4) is 0 Å². The molecule has 0 saturated heterocycles. The van der Waals surface area contributed by atoms with Gasteiger partial charge in [-0.3, -0.25) is 29.8 Å². The first-order chi connectivity index (χ1) is 15.3. The van der Waals surface area contributed by atoms with Crippen LogP contribution in [0.4, 0.5) is 17.1 Å². The van der Waals surface area contributed by atoms with E-state index in [0.29, 0.717) is 11.3 Å². The molecule has 0 fully saturated rings. The van der Waals surface area contributed by atoms with Crippen molar-refractivity contribution in [3.63, 3.8) is 0 Å². The first kappa shape index (κ1) is 21.8. The summed E-state index contributed by atoms with van der Waals surface area (Å²) >= 11 is 0. The van der Waals surface area contributed by atoms with Gasteiger partial charge in [0.15, 0.2) is 0 Å². The summed E-state index contributed by atoms with van der Waals surface area (Å²) in [6.07, 6.45) is 1.28. The van der Waals surface area contributed by atoms with Crippen molar-refractivity contribution in [3.05, 3.63) is 116 Å². The number of hydrogen-bond donors (Lipinski definition) is 2. The van der Waals surface area contributed by atoms with Crippen molar-refractivity contribution in [2.24, 2.45) is 0 Å². The fourth-order valence-electron chi connectivity index (χ4n) is 2.73. The van der Waals surface area contributed by atoms with E-state index < -0.39 is 21.7 Å². The Morgan fingerprint density at radius 2 is 1.41 bits per heavy atom. The van der Waals surface area contributed by atoms with Crippen LogP contribution in [0.1, 0.15) is 15.9 Å². The van der Waals surface area contributed by atoms with E-state index in [1.165, 1.54) is 48.5 Å². The summed E-state index contributed by atoms with van der Waals surface area (Å²) in [4.78, 5) is 46.3. The van der Waals surface area contributed by atoms with Crippen LogP contribution >= 0.6 is 0 Å². The molecule has 0 aliphatic rings. The number of non-ortho nitro benzene ring substituents is 2. The zero-order valence-electron chi connectivity index (χ0n) is 16.4. The Morgan fingerprint density at radius 3 is 2.06 bits per heavy atom. The Morgan fingerprint density at radius 1 is 0.781 bits per heavy atom. The molecule has 0 saturated carbocycles. The Labute approximate surface area is 181 Å². The number of carbonyl (C=O) groups excluding carboxylic acids is 2. The van der Waals surface area contributed by atoms with E-state index in [1.807, 2.05) is 0 Å². The van der Waals surface area contributed by atoms with Gasteiger partial charge >= 0.3 is 0 Å². The first-order valence-electron chi connectivity index (χ1n) is 9.22. The molecular formula is C22H16N4O6. The van der Waals surface area contributed by atoms with Gasteiger partial charge < -0.3 is 10.6 Å². The molecule has 32 heavy (non-hydrogen) atoms. The van der Waals surface area contributed by atoms with Gasteiger partial charge in [-0.25, -0.2) is 0 Å². The maximum Gasteiger partial charge on any atom is 0.272 e. The minimum Gasteiger partial charge on any atom is -0.321 e. The van der Waals surface area contributed by atoms with E-state index in [-0.39, 0.29) is 22.6 Å². The van der Waals surface area contributed by atoms with Gasteiger partial charge in [0.05, 0.1) is 9.85 Å². The Bertz CT molecular complexity index is 1220. The molecule has 2 N–H and O–H groups in total. The van der Waals surface area contributed by atoms with Crippen molar-refractivity contribution in [1.82, 2.24) is 5.32 Å². The van der Waals surface area contributed by atoms with E-state index in [0.717, 1.165) is 6.07 Å². The molecular weight excluding hydrogens is 416 g/mol. The summed E-state index contributed by atoms with van der Waals surface area (Å²) in [6, 6.07) is 19.0. The van der Waals surface area contributed by atoms with Crippen LogP contribution in [0.5, 0.6) is 0 Å². The van der Waals surface area contributed by atoms with E-state index >= 15 is 0 Å². The minimum atomic E-state index is -0.756. The third-order valence-corrected chi connectivity index (χ3v) is 4.24. The highest BCUT2D eigenvalue weighted by atomic mass is 16.6. The molecule has 3 aromatic rings. The van der Waals surface area contributed by atoms with Gasteiger partial charge in [0.1, 0.15) is 5.70 Å². The number of anilines is 1. The summed E-state index contributed by atoms with van der Waals surface area (Å²) in [6.45, 7) is 0. The summed E-state index contributed by atoms with van der Waals surface area (Å²) in [5, 5.41) is 27.1. The number of para-hydroxylation sites is 1. The first-order valence-corrected chi connectivity index (χ1v) is 9.22. The van der Waals surface area contributed by atoms with Crippen LogP contribution in [-0.2, 0) is 4.79 Å². The molecule has 0 unspecified atom stereocenters. The third-order valence-electron chi connectivity index (χ3n) is 4.24. The van der Waals surface area contributed by atoms with Gasteiger partial charge in [0, 0.05) is 35.5 Å². The highest BCUT2D eigenvalue weighted by Gasteiger charge is 2.17. The van der Waals surface area contributed by atoms with Gasteiger partial charge in [0.2, 0.25) is 0 Å².